The van der Waals surface area contributed by atoms with Crippen LogP contribution >= 0.6 is 11.6 Å². The molecule has 0 saturated carbocycles. The van der Waals surface area contributed by atoms with Crippen LogP contribution in [0, 0.1) is 11.3 Å². The van der Waals surface area contributed by atoms with Gasteiger partial charge in [-0.1, -0.05) is 23.7 Å². The Labute approximate surface area is 104 Å². The van der Waals surface area contributed by atoms with E-state index in [0.29, 0.717) is 17.1 Å². The molecule has 0 aliphatic rings. The number of halogens is 1. The van der Waals surface area contributed by atoms with Crippen molar-refractivity contribution in [3.63, 3.8) is 0 Å². The second kappa shape index (κ2) is 4.96. The molecular weight excluding hydrogens is 234 g/mol. The zero-order valence-corrected chi connectivity index (χ0v) is 9.78. The number of rotatable bonds is 2. The lowest BCUT2D eigenvalue weighted by atomic mass is 10.0. The number of benzene rings is 1. The Balaban J connectivity index is 2.46. The zero-order valence-electron chi connectivity index (χ0n) is 9.02. The van der Waals surface area contributed by atoms with Gasteiger partial charge in [0.25, 0.3) is 0 Å². The molecule has 0 atom stereocenters. The van der Waals surface area contributed by atoms with Crippen LogP contribution in [-0.4, -0.2) is 4.98 Å². The van der Waals surface area contributed by atoms with E-state index < -0.39 is 0 Å². The number of nitriles is 1. The molecule has 3 nitrogen and oxygen atoms in total. The molecule has 2 rings (SSSR count). The van der Waals surface area contributed by atoms with Crippen LogP contribution in [0.2, 0.25) is 5.02 Å². The number of hydrogen-bond donors (Lipinski definition) is 1. The minimum absolute atomic E-state index is 0.412. The van der Waals surface area contributed by atoms with E-state index in [-0.39, 0.29) is 0 Å². The summed E-state index contributed by atoms with van der Waals surface area (Å²) in [6.07, 6.45) is 3.23. The Morgan fingerprint density at radius 2 is 2.06 bits per heavy atom. The lowest BCUT2D eigenvalue weighted by Crippen LogP contribution is -1.97. The summed E-state index contributed by atoms with van der Waals surface area (Å²) in [6, 6.07) is 9.48. The fourth-order valence-corrected chi connectivity index (χ4v) is 1.81. The van der Waals surface area contributed by atoms with Crippen LogP contribution in [0.4, 0.5) is 0 Å². The summed E-state index contributed by atoms with van der Waals surface area (Å²) in [6.45, 7) is 0.412. The maximum Gasteiger partial charge on any atom is 0.101 e. The topological polar surface area (TPSA) is 62.7 Å². The Morgan fingerprint density at radius 3 is 2.71 bits per heavy atom. The molecule has 0 aliphatic heterocycles. The van der Waals surface area contributed by atoms with Crippen LogP contribution in [0.5, 0.6) is 0 Å². The van der Waals surface area contributed by atoms with Crippen LogP contribution in [0.1, 0.15) is 11.1 Å². The van der Waals surface area contributed by atoms with E-state index in [1.54, 1.807) is 12.3 Å². The van der Waals surface area contributed by atoms with Gasteiger partial charge in [0.05, 0.1) is 5.56 Å². The van der Waals surface area contributed by atoms with Gasteiger partial charge in [0.1, 0.15) is 6.07 Å². The molecule has 0 radical (unpaired) electrons. The summed E-state index contributed by atoms with van der Waals surface area (Å²) in [5.41, 5.74) is 8.77. The molecule has 0 bridgehead atoms. The van der Waals surface area contributed by atoms with Crippen molar-refractivity contribution < 1.29 is 0 Å². The van der Waals surface area contributed by atoms with Crippen LogP contribution < -0.4 is 5.73 Å². The lowest BCUT2D eigenvalue weighted by molar-refractivity contribution is 1.07. The van der Waals surface area contributed by atoms with Gasteiger partial charge >= 0.3 is 0 Å². The van der Waals surface area contributed by atoms with Crippen molar-refractivity contribution in [3.05, 3.63) is 52.8 Å². The van der Waals surface area contributed by atoms with Crippen LogP contribution in [0.25, 0.3) is 11.1 Å². The predicted molar refractivity (Wildman–Crippen MR) is 67.3 cm³/mol. The molecule has 0 saturated heterocycles. The number of pyridine rings is 1. The van der Waals surface area contributed by atoms with E-state index >= 15 is 0 Å². The quantitative estimate of drug-likeness (QED) is 0.882. The maximum absolute atomic E-state index is 8.81. The van der Waals surface area contributed by atoms with Gasteiger partial charge in [0.2, 0.25) is 0 Å². The first-order chi connectivity index (χ1) is 8.24. The van der Waals surface area contributed by atoms with Crippen molar-refractivity contribution in [1.82, 2.24) is 4.98 Å². The molecule has 84 valence electrons. The average Bonchev–Trinajstić information content (AvgIpc) is 2.38. The van der Waals surface area contributed by atoms with Crippen molar-refractivity contribution in [2.75, 3.05) is 0 Å². The van der Waals surface area contributed by atoms with Gasteiger partial charge in [-0.3, -0.25) is 4.98 Å². The summed E-state index contributed by atoms with van der Waals surface area (Å²) in [5.74, 6) is 0. The number of hydrogen-bond acceptors (Lipinski definition) is 3. The van der Waals surface area contributed by atoms with Gasteiger partial charge in [-0.15, -0.1) is 0 Å². The highest BCUT2D eigenvalue weighted by atomic mass is 35.5. The largest absolute Gasteiger partial charge is 0.326 e. The van der Waals surface area contributed by atoms with Gasteiger partial charge in [-0.05, 0) is 23.3 Å². The molecule has 1 heterocycles. The monoisotopic (exact) mass is 243 g/mol. The van der Waals surface area contributed by atoms with Crippen molar-refractivity contribution in [3.8, 4) is 17.2 Å². The van der Waals surface area contributed by atoms with E-state index in [1.165, 1.54) is 6.20 Å². The molecule has 0 aliphatic carbocycles. The number of nitrogens with zero attached hydrogens (tertiary/aromatic N) is 2. The van der Waals surface area contributed by atoms with Crippen molar-refractivity contribution in [2.24, 2.45) is 5.73 Å². The van der Waals surface area contributed by atoms with Gasteiger partial charge < -0.3 is 5.73 Å². The van der Waals surface area contributed by atoms with Crippen molar-refractivity contribution in [1.29, 1.82) is 5.26 Å². The highest BCUT2D eigenvalue weighted by Crippen LogP contribution is 2.25. The van der Waals surface area contributed by atoms with Crippen LogP contribution in [0.3, 0.4) is 0 Å². The Morgan fingerprint density at radius 1 is 1.24 bits per heavy atom. The fourth-order valence-electron chi connectivity index (χ4n) is 1.55. The van der Waals surface area contributed by atoms with E-state index in [9.17, 15) is 0 Å². The molecule has 0 amide bonds. The van der Waals surface area contributed by atoms with Crippen molar-refractivity contribution >= 4 is 11.6 Å². The minimum Gasteiger partial charge on any atom is -0.326 e. The second-order valence-electron chi connectivity index (χ2n) is 3.58. The molecule has 1 aromatic heterocycles. The third kappa shape index (κ3) is 2.44. The highest BCUT2D eigenvalue weighted by molar-refractivity contribution is 6.31. The summed E-state index contributed by atoms with van der Waals surface area (Å²) >= 11 is 6.09. The van der Waals surface area contributed by atoms with Gasteiger partial charge in [0, 0.05) is 29.5 Å². The van der Waals surface area contributed by atoms with Crippen LogP contribution in [-0.2, 0) is 6.54 Å². The Hall–Kier alpha value is -1.89. The first-order valence-corrected chi connectivity index (χ1v) is 5.46. The smallest absolute Gasteiger partial charge is 0.101 e. The van der Waals surface area contributed by atoms with E-state index in [4.69, 9.17) is 22.6 Å². The molecule has 1 aromatic carbocycles. The second-order valence-corrected chi connectivity index (χ2v) is 3.99. The maximum atomic E-state index is 8.81. The normalized spacial score (nSPS) is 9.94. The zero-order chi connectivity index (χ0) is 12.3. The highest BCUT2D eigenvalue weighted by Gasteiger charge is 2.03. The molecule has 0 spiro atoms. The third-order valence-corrected chi connectivity index (χ3v) is 2.83. The Kier molecular flexibility index (Phi) is 3.38. The van der Waals surface area contributed by atoms with Crippen LogP contribution in [0.15, 0.2) is 36.7 Å². The first kappa shape index (κ1) is 11.6. The summed E-state index contributed by atoms with van der Waals surface area (Å²) < 4.78 is 0. The summed E-state index contributed by atoms with van der Waals surface area (Å²) in [7, 11) is 0. The summed E-state index contributed by atoms with van der Waals surface area (Å²) in [5, 5.41) is 9.44. The SMILES string of the molecule is N#Cc1cncc(-c2ccc(CN)c(Cl)c2)c1. The van der Waals surface area contributed by atoms with Gasteiger partial charge in [-0.25, -0.2) is 0 Å². The van der Waals surface area contributed by atoms with E-state index in [0.717, 1.165) is 16.7 Å². The standard InChI is InChI=1S/C13H10ClN3/c14-13-4-10(1-2-11(13)6-16)12-3-9(5-15)7-17-8-12/h1-4,7-8H,6,16H2. The first-order valence-electron chi connectivity index (χ1n) is 5.08. The number of aromatic nitrogens is 1. The van der Waals surface area contributed by atoms with Gasteiger partial charge in [-0.2, -0.15) is 5.26 Å². The molecule has 4 heteroatoms. The third-order valence-electron chi connectivity index (χ3n) is 2.47. The lowest BCUT2D eigenvalue weighted by Gasteiger charge is -2.05. The summed E-state index contributed by atoms with van der Waals surface area (Å²) in [4.78, 5) is 4.01. The van der Waals surface area contributed by atoms with E-state index in [2.05, 4.69) is 11.1 Å². The minimum atomic E-state index is 0.412. The molecule has 2 N–H and O–H groups in total. The fraction of sp³-hybridized carbons (Fsp3) is 0.0769. The Bertz CT molecular complexity index is 587. The average molecular weight is 244 g/mol. The van der Waals surface area contributed by atoms with E-state index in [1.807, 2.05) is 18.2 Å². The molecule has 2 aromatic rings. The molecule has 0 unspecified atom stereocenters. The number of nitrogens with two attached hydrogens (primary N) is 1. The molecule has 0 fully saturated rings. The van der Waals surface area contributed by atoms with Crippen molar-refractivity contribution in [2.45, 2.75) is 6.54 Å². The predicted octanol–water partition coefficient (Wildman–Crippen LogP) is 2.73. The molecular formula is C13H10ClN3. The molecule has 17 heavy (non-hydrogen) atoms. The van der Waals surface area contributed by atoms with Gasteiger partial charge in [0.15, 0.2) is 0 Å².